The Labute approximate surface area is 193 Å². The fraction of sp³-hybridized carbons (Fsp3) is 0.708. The first-order valence-electron chi connectivity index (χ1n) is 11.3. The van der Waals surface area contributed by atoms with E-state index >= 15 is 0 Å². The first-order chi connectivity index (χ1) is 15.2. The van der Waals surface area contributed by atoms with Crippen LogP contribution in [0.4, 0.5) is 0 Å². The summed E-state index contributed by atoms with van der Waals surface area (Å²) in [6, 6.07) is 0. The van der Waals surface area contributed by atoms with Crippen LogP contribution in [0.25, 0.3) is 0 Å². The molecule has 0 amide bonds. The third-order valence-corrected chi connectivity index (χ3v) is 6.93. The van der Waals surface area contributed by atoms with Gasteiger partial charge in [0.15, 0.2) is 18.3 Å². The van der Waals surface area contributed by atoms with E-state index < -0.39 is 71.5 Å². The number of rotatable bonds is 4. The van der Waals surface area contributed by atoms with Crippen molar-refractivity contribution in [3.8, 4) is 0 Å². The Bertz CT molecular complexity index is 873. The molecule has 9 nitrogen and oxygen atoms in total. The molecule has 33 heavy (non-hydrogen) atoms. The van der Waals surface area contributed by atoms with Crippen LogP contribution >= 0.6 is 0 Å². The monoisotopic (exact) mass is 466 g/mol. The highest BCUT2D eigenvalue weighted by molar-refractivity contribution is 5.91. The Morgan fingerprint density at radius 2 is 1.88 bits per heavy atom. The predicted octanol–water partition coefficient (Wildman–Crippen LogP) is 1.80. The fourth-order valence-corrected chi connectivity index (χ4v) is 4.81. The lowest BCUT2D eigenvalue weighted by molar-refractivity contribution is -0.279. The van der Waals surface area contributed by atoms with Crippen molar-refractivity contribution in [1.29, 1.82) is 0 Å². The van der Waals surface area contributed by atoms with Crippen LogP contribution in [-0.2, 0) is 33.3 Å². The molecule has 184 valence electrons. The van der Waals surface area contributed by atoms with Crippen LogP contribution in [0.2, 0.25) is 0 Å². The van der Waals surface area contributed by atoms with Crippen LogP contribution in [0, 0.1) is 17.8 Å². The molecular formula is C24H34O9. The number of aliphatic hydroxyl groups is 2. The highest BCUT2D eigenvalue weighted by atomic mass is 16.7. The molecule has 3 aliphatic heterocycles. The van der Waals surface area contributed by atoms with Gasteiger partial charge in [-0.25, -0.2) is 9.59 Å². The van der Waals surface area contributed by atoms with Crippen LogP contribution in [0.3, 0.4) is 0 Å². The summed E-state index contributed by atoms with van der Waals surface area (Å²) >= 11 is 0. The van der Waals surface area contributed by atoms with E-state index in [2.05, 4.69) is 6.58 Å². The van der Waals surface area contributed by atoms with Gasteiger partial charge in [-0.2, -0.15) is 0 Å². The Kier molecular flexibility index (Phi) is 6.81. The van der Waals surface area contributed by atoms with E-state index in [0.717, 1.165) is 0 Å². The van der Waals surface area contributed by atoms with E-state index in [1.807, 2.05) is 0 Å². The SMILES string of the molecule is C=C1C(=O)O[C@@H]2[C@@H]1[C@H](OC(=O)C(C)C)[C@]1(O)O[C@@H](C[C@@H]1C)C[C@@](C)(O)[C@H]2OC(=O)C(C)=CC. The summed E-state index contributed by atoms with van der Waals surface area (Å²) in [6.45, 7) is 13.5. The first-order valence-corrected chi connectivity index (χ1v) is 11.3. The number of carbonyl (C=O) groups excluding carboxylic acids is 3. The molecule has 0 aromatic heterocycles. The average molecular weight is 467 g/mol. The lowest BCUT2D eigenvalue weighted by Gasteiger charge is -2.41. The second-order valence-corrected chi connectivity index (χ2v) is 9.92. The second-order valence-electron chi connectivity index (χ2n) is 9.92. The molecule has 0 unspecified atom stereocenters. The molecule has 0 saturated carbocycles. The van der Waals surface area contributed by atoms with E-state index in [0.29, 0.717) is 12.0 Å². The predicted molar refractivity (Wildman–Crippen MR) is 115 cm³/mol. The lowest BCUT2D eigenvalue weighted by atomic mass is 9.75. The van der Waals surface area contributed by atoms with Gasteiger partial charge in [0, 0.05) is 23.5 Å². The summed E-state index contributed by atoms with van der Waals surface area (Å²) in [5, 5.41) is 23.1. The van der Waals surface area contributed by atoms with Crippen molar-refractivity contribution in [3.05, 3.63) is 23.8 Å². The number of ether oxygens (including phenoxy) is 4. The molecule has 8 atom stereocenters. The van der Waals surface area contributed by atoms with Crippen LogP contribution in [0.5, 0.6) is 0 Å². The highest BCUT2D eigenvalue weighted by Gasteiger charge is 2.65. The molecule has 0 spiro atoms. The zero-order valence-electron chi connectivity index (χ0n) is 20.0. The molecule has 0 radical (unpaired) electrons. The largest absolute Gasteiger partial charge is 0.456 e. The Hall–Kier alpha value is -2.23. The van der Waals surface area contributed by atoms with E-state index in [-0.39, 0.29) is 12.0 Å². The number of allylic oxidation sites excluding steroid dienone is 1. The molecular weight excluding hydrogens is 432 g/mol. The van der Waals surface area contributed by atoms with Crippen molar-refractivity contribution in [2.24, 2.45) is 17.8 Å². The van der Waals surface area contributed by atoms with Crippen molar-refractivity contribution in [1.82, 2.24) is 0 Å². The van der Waals surface area contributed by atoms with Gasteiger partial charge in [-0.1, -0.05) is 33.4 Å². The summed E-state index contributed by atoms with van der Waals surface area (Å²) < 4.78 is 22.9. The van der Waals surface area contributed by atoms with Crippen LogP contribution < -0.4 is 0 Å². The van der Waals surface area contributed by atoms with Gasteiger partial charge in [-0.05, 0) is 27.2 Å². The van der Waals surface area contributed by atoms with Gasteiger partial charge in [-0.3, -0.25) is 4.79 Å². The van der Waals surface area contributed by atoms with E-state index in [9.17, 15) is 24.6 Å². The molecule has 2 bridgehead atoms. The minimum Gasteiger partial charge on any atom is -0.456 e. The first kappa shape index (κ1) is 25.4. The van der Waals surface area contributed by atoms with Gasteiger partial charge in [0.25, 0.3) is 0 Å². The molecule has 0 aromatic carbocycles. The minimum atomic E-state index is -1.96. The minimum absolute atomic E-state index is 0.00935. The van der Waals surface area contributed by atoms with Crippen LogP contribution in [-0.4, -0.2) is 63.9 Å². The van der Waals surface area contributed by atoms with E-state index in [1.165, 1.54) is 6.92 Å². The smallest absolute Gasteiger partial charge is 0.334 e. The molecule has 3 aliphatic rings. The van der Waals surface area contributed by atoms with Crippen molar-refractivity contribution < 1.29 is 43.5 Å². The number of hydrogen-bond acceptors (Lipinski definition) is 9. The standard InChI is InChI=1S/C24H34O9/c1-8-12(4)21(26)32-19-17-16(14(6)22(27)30-17)18(31-20(25)11(2)3)24(29)13(5)9-15(33-24)10-23(19,7)28/h8,11,13,15-19,28-29H,6,9-10H2,1-5,7H3/t13-,15-,16+,17+,18-,19-,23+,24+/m0/s1. The van der Waals surface area contributed by atoms with Crippen LogP contribution in [0.1, 0.15) is 54.4 Å². The maximum absolute atomic E-state index is 12.7. The van der Waals surface area contributed by atoms with Crippen molar-refractivity contribution in [2.75, 3.05) is 0 Å². The summed E-state index contributed by atoms with van der Waals surface area (Å²) in [7, 11) is 0. The second kappa shape index (κ2) is 8.85. The molecule has 3 saturated heterocycles. The van der Waals surface area contributed by atoms with Gasteiger partial charge < -0.3 is 29.2 Å². The molecule has 2 N–H and O–H groups in total. The fourth-order valence-electron chi connectivity index (χ4n) is 4.81. The molecule has 3 heterocycles. The van der Waals surface area contributed by atoms with Crippen molar-refractivity contribution in [2.45, 2.75) is 90.2 Å². The van der Waals surface area contributed by atoms with Crippen LogP contribution in [0.15, 0.2) is 23.8 Å². The van der Waals surface area contributed by atoms with Crippen molar-refractivity contribution in [3.63, 3.8) is 0 Å². The molecule has 9 heteroatoms. The third-order valence-electron chi connectivity index (χ3n) is 6.93. The summed E-state index contributed by atoms with van der Waals surface area (Å²) in [5.74, 6) is -6.17. The van der Waals surface area contributed by atoms with Gasteiger partial charge in [-0.15, -0.1) is 0 Å². The van der Waals surface area contributed by atoms with Gasteiger partial charge in [0.2, 0.25) is 5.79 Å². The zero-order valence-corrected chi connectivity index (χ0v) is 20.0. The number of esters is 3. The normalized spacial score (nSPS) is 41.1. The van der Waals surface area contributed by atoms with Gasteiger partial charge in [0.1, 0.15) is 5.60 Å². The maximum Gasteiger partial charge on any atom is 0.334 e. The number of carbonyl (C=O) groups is 3. The Morgan fingerprint density at radius 1 is 1.24 bits per heavy atom. The van der Waals surface area contributed by atoms with E-state index in [4.69, 9.17) is 18.9 Å². The molecule has 3 rings (SSSR count). The average Bonchev–Trinajstić information content (AvgIpc) is 3.17. The Balaban J connectivity index is 2.16. The summed E-state index contributed by atoms with van der Waals surface area (Å²) in [4.78, 5) is 37.9. The van der Waals surface area contributed by atoms with Gasteiger partial charge in [0.05, 0.1) is 17.9 Å². The van der Waals surface area contributed by atoms with Gasteiger partial charge >= 0.3 is 17.9 Å². The van der Waals surface area contributed by atoms with E-state index in [1.54, 1.807) is 40.7 Å². The van der Waals surface area contributed by atoms with Crippen molar-refractivity contribution >= 4 is 17.9 Å². The third kappa shape index (κ3) is 4.46. The molecule has 0 aromatic rings. The lowest BCUT2D eigenvalue weighted by Crippen LogP contribution is -2.58. The molecule has 0 aliphatic carbocycles. The zero-order chi connectivity index (χ0) is 24.9. The number of hydrogen-bond donors (Lipinski definition) is 2. The Morgan fingerprint density at radius 3 is 2.45 bits per heavy atom. The summed E-state index contributed by atoms with van der Waals surface area (Å²) in [5.41, 5.74) is -1.45. The highest BCUT2D eigenvalue weighted by Crippen LogP contribution is 2.50. The number of fused-ring (bicyclic) bond motifs is 3. The topological polar surface area (TPSA) is 129 Å². The molecule has 3 fully saturated rings. The summed E-state index contributed by atoms with van der Waals surface area (Å²) in [6.07, 6.45) is -2.65. The quantitative estimate of drug-likeness (QED) is 0.362. The maximum atomic E-state index is 12.7.